The number of nitrogens with one attached hydrogen (secondary N) is 1. The second-order valence-corrected chi connectivity index (χ2v) is 2.44. The Labute approximate surface area is 70.1 Å². The molecule has 1 heterocycles. The van der Waals surface area contributed by atoms with Crippen LogP contribution in [0, 0.1) is 0 Å². The minimum atomic E-state index is -0.289. The van der Waals surface area contributed by atoms with E-state index in [9.17, 15) is 4.79 Å². The van der Waals surface area contributed by atoms with Crippen LogP contribution in [0.5, 0.6) is 0 Å². The van der Waals surface area contributed by atoms with Crippen molar-refractivity contribution in [2.45, 2.75) is 6.92 Å². The number of amides is 1. The molecule has 0 spiro atoms. The molecular formula is C7H10N4O. The predicted octanol–water partition coefficient (Wildman–Crippen LogP) is 0.0785. The van der Waals surface area contributed by atoms with Crippen LogP contribution in [0.2, 0.25) is 0 Å². The van der Waals surface area contributed by atoms with Gasteiger partial charge in [0.05, 0.1) is 0 Å². The normalized spacial score (nSPS) is 9.50. The van der Waals surface area contributed by atoms with E-state index in [2.05, 4.69) is 22.0 Å². The van der Waals surface area contributed by atoms with Gasteiger partial charge < -0.3 is 5.32 Å². The van der Waals surface area contributed by atoms with Crippen LogP contribution in [0.1, 0.15) is 17.5 Å². The number of aromatic nitrogens is 3. The summed E-state index contributed by atoms with van der Waals surface area (Å²) in [6, 6.07) is 0. The van der Waals surface area contributed by atoms with Gasteiger partial charge in [0.1, 0.15) is 6.33 Å². The summed E-state index contributed by atoms with van der Waals surface area (Å²) >= 11 is 0. The minimum absolute atomic E-state index is 0.276. The molecular weight excluding hydrogens is 156 g/mol. The Morgan fingerprint density at radius 3 is 2.83 bits per heavy atom. The summed E-state index contributed by atoms with van der Waals surface area (Å²) in [5.41, 5.74) is 0.586. The monoisotopic (exact) mass is 166 g/mol. The van der Waals surface area contributed by atoms with Gasteiger partial charge in [0.15, 0.2) is 0 Å². The predicted molar refractivity (Wildman–Crippen MR) is 43.3 cm³/mol. The lowest BCUT2D eigenvalue weighted by atomic mass is 10.5. The molecule has 64 valence electrons. The first-order valence-corrected chi connectivity index (χ1v) is 3.42. The molecule has 1 aromatic rings. The molecule has 1 rings (SSSR count). The van der Waals surface area contributed by atoms with Crippen LogP contribution >= 0.6 is 0 Å². The second kappa shape index (κ2) is 3.17. The second-order valence-electron chi connectivity index (χ2n) is 2.44. The van der Waals surface area contributed by atoms with Crippen LogP contribution < -0.4 is 5.32 Å². The maximum Gasteiger partial charge on any atom is 0.292 e. The molecule has 5 nitrogen and oxygen atoms in total. The van der Waals surface area contributed by atoms with Crippen molar-refractivity contribution in [1.29, 1.82) is 0 Å². The smallest absolute Gasteiger partial charge is 0.292 e. The average Bonchev–Trinajstić information content (AvgIpc) is 2.33. The molecule has 0 aromatic carbocycles. The summed E-state index contributed by atoms with van der Waals surface area (Å²) < 4.78 is 1.40. The highest BCUT2D eigenvalue weighted by Gasteiger charge is 2.10. The van der Waals surface area contributed by atoms with Crippen molar-refractivity contribution >= 4 is 5.91 Å². The molecule has 12 heavy (non-hydrogen) atoms. The van der Waals surface area contributed by atoms with Crippen LogP contribution in [-0.2, 0) is 7.05 Å². The van der Waals surface area contributed by atoms with E-state index >= 15 is 0 Å². The summed E-state index contributed by atoms with van der Waals surface area (Å²) in [7, 11) is 1.65. The van der Waals surface area contributed by atoms with Gasteiger partial charge in [-0.1, -0.05) is 6.58 Å². The zero-order chi connectivity index (χ0) is 9.14. The summed E-state index contributed by atoms with van der Waals surface area (Å²) in [6.07, 6.45) is 1.33. The van der Waals surface area contributed by atoms with Crippen molar-refractivity contribution in [3.8, 4) is 0 Å². The molecule has 0 atom stereocenters. The first kappa shape index (κ1) is 8.45. The molecule has 1 amide bonds. The van der Waals surface area contributed by atoms with Gasteiger partial charge in [-0.25, -0.2) is 9.67 Å². The van der Waals surface area contributed by atoms with Gasteiger partial charge in [-0.05, 0) is 6.92 Å². The van der Waals surface area contributed by atoms with E-state index in [4.69, 9.17) is 0 Å². The fourth-order valence-electron chi connectivity index (χ4n) is 0.752. The van der Waals surface area contributed by atoms with Crippen molar-refractivity contribution in [3.63, 3.8) is 0 Å². The van der Waals surface area contributed by atoms with E-state index in [-0.39, 0.29) is 11.7 Å². The van der Waals surface area contributed by atoms with Gasteiger partial charge in [0, 0.05) is 12.7 Å². The topological polar surface area (TPSA) is 59.8 Å². The number of allylic oxidation sites excluding steroid dienone is 1. The Morgan fingerprint density at radius 2 is 2.42 bits per heavy atom. The lowest BCUT2D eigenvalue weighted by Crippen LogP contribution is -2.24. The average molecular weight is 166 g/mol. The number of rotatable bonds is 2. The third-order valence-corrected chi connectivity index (χ3v) is 1.24. The molecule has 1 aromatic heterocycles. The van der Waals surface area contributed by atoms with E-state index in [0.717, 1.165) is 0 Å². The third-order valence-electron chi connectivity index (χ3n) is 1.24. The molecule has 0 aliphatic carbocycles. The van der Waals surface area contributed by atoms with Crippen molar-refractivity contribution < 1.29 is 4.79 Å². The van der Waals surface area contributed by atoms with Gasteiger partial charge >= 0.3 is 0 Å². The molecule has 5 heteroatoms. The molecule has 1 N–H and O–H groups in total. The Kier molecular flexibility index (Phi) is 2.23. The van der Waals surface area contributed by atoms with Crippen LogP contribution in [0.3, 0.4) is 0 Å². The first-order valence-electron chi connectivity index (χ1n) is 3.42. The van der Waals surface area contributed by atoms with Crippen LogP contribution in [-0.4, -0.2) is 20.7 Å². The SMILES string of the molecule is C=C(C)NC(=O)c1ncnn1C. The number of hydrogen-bond acceptors (Lipinski definition) is 3. The standard InChI is InChI=1S/C7H10N4O/c1-5(2)10-7(12)6-8-4-9-11(6)3/h4H,1H2,2-3H3,(H,10,12). The van der Waals surface area contributed by atoms with Crippen molar-refractivity contribution in [2.24, 2.45) is 7.05 Å². The summed E-state index contributed by atoms with van der Waals surface area (Å²) in [5.74, 6) is -0.0134. The molecule has 0 unspecified atom stereocenters. The number of aryl methyl sites for hydroxylation is 1. The first-order chi connectivity index (χ1) is 5.61. The van der Waals surface area contributed by atoms with E-state index in [0.29, 0.717) is 5.70 Å². The van der Waals surface area contributed by atoms with E-state index < -0.39 is 0 Å². The lowest BCUT2D eigenvalue weighted by Gasteiger charge is -2.01. The minimum Gasteiger partial charge on any atom is -0.324 e. The van der Waals surface area contributed by atoms with Crippen LogP contribution in [0.25, 0.3) is 0 Å². The Balaban J connectivity index is 2.78. The quantitative estimate of drug-likeness (QED) is 0.676. The van der Waals surface area contributed by atoms with Crippen LogP contribution in [0.4, 0.5) is 0 Å². The maximum absolute atomic E-state index is 11.2. The molecule has 0 bridgehead atoms. The molecule has 0 saturated carbocycles. The number of carbonyl (C=O) groups is 1. The van der Waals surface area contributed by atoms with Gasteiger partial charge in [-0.2, -0.15) is 5.10 Å². The highest BCUT2D eigenvalue weighted by atomic mass is 16.2. The van der Waals surface area contributed by atoms with E-state index in [1.165, 1.54) is 11.0 Å². The van der Waals surface area contributed by atoms with E-state index in [1.54, 1.807) is 14.0 Å². The summed E-state index contributed by atoms with van der Waals surface area (Å²) in [4.78, 5) is 15.0. The molecule has 0 aliphatic heterocycles. The van der Waals surface area contributed by atoms with E-state index in [1.807, 2.05) is 0 Å². The number of carbonyl (C=O) groups excluding carboxylic acids is 1. The highest BCUT2D eigenvalue weighted by molar-refractivity contribution is 5.91. The molecule has 0 radical (unpaired) electrons. The lowest BCUT2D eigenvalue weighted by molar-refractivity contribution is 0.0952. The third kappa shape index (κ3) is 1.69. The Morgan fingerprint density at radius 1 is 1.75 bits per heavy atom. The fraction of sp³-hybridized carbons (Fsp3) is 0.286. The van der Waals surface area contributed by atoms with Gasteiger partial charge in [0.2, 0.25) is 5.82 Å². The van der Waals surface area contributed by atoms with Crippen molar-refractivity contribution in [2.75, 3.05) is 0 Å². The van der Waals surface area contributed by atoms with Gasteiger partial charge in [0.25, 0.3) is 5.91 Å². The number of nitrogens with zero attached hydrogens (tertiary/aromatic N) is 3. The summed E-state index contributed by atoms with van der Waals surface area (Å²) in [6.45, 7) is 5.25. The molecule has 0 aliphatic rings. The van der Waals surface area contributed by atoms with Crippen molar-refractivity contribution in [1.82, 2.24) is 20.1 Å². The highest BCUT2D eigenvalue weighted by Crippen LogP contribution is 1.91. The number of hydrogen-bond donors (Lipinski definition) is 1. The molecule has 0 fully saturated rings. The maximum atomic E-state index is 11.2. The Hall–Kier alpha value is -1.65. The Bertz CT molecular complexity index is 315. The van der Waals surface area contributed by atoms with Gasteiger partial charge in [-0.15, -0.1) is 0 Å². The zero-order valence-electron chi connectivity index (χ0n) is 7.03. The zero-order valence-corrected chi connectivity index (χ0v) is 7.03. The molecule has 0 saturated heterocycles. The van der Waals surface area contributed by atoms with Gasteiger partial charge in [-0.3, -0.25) is 4.79 Å². The largest absolute Gasteiger partial charge is 0.324 e. The van der Waals surface area contributed by atoms with Crippen molar-refractivity contribution in [3.05, 3.63) is 24.4 Å². The summed E-state index contributed by atoms with van der Waals surface area (Å²) in [5, 5.41) is 6.29. The fourth-order valence-corrected chi connectivity index (χ4v) is 0.752. The van der Waals surface area contributed by atoms with Crippen LogP contribution in [0.15, 0.2) is 18.6 Å².